The van der Waals surface area contributed by atoms with Gasteiger partial charge in [0, 0.05) is 0 Å². The molecule has 0 saturated carbocycles. The van der Waals surface area contributed by atoms with Crippen LogP contribution in [0.25, 0.3) is 0 Å². The second-order valence-corrected chi connectivity index (χ2v) is 2.55. The first-order valence-corrected chi connectivity index (χ1v) is 4.00. The lowest BCUT2D eigenvalue weighted by Crippen LogP contribution is -2.24. The molecule has 76 valence electrons. The highest BCUT2D eigenvalue weighted by molar-refractivity contribution is 5.79. The van der Waals surface area contributed by atoms with Gasteiger partial charge in [-0.25, -0.2) is 0 Å². The van der Waals surface area contributed by atoms with Crippen molar-refractivity contribution in [2.45, 2.75) is 0 Å². The Kier molecular flexibility index (Phi) is 3.75. The standard InChI is InChI=1S/C9H12N2O3/c1-13-7-2-4-8(5-3-7)14-6-9(10)11-12/h2-5,12H,6H2,1H3,(H2,10,11). The number of hydroxylamine groups is 1. The van der Waals surface area contributed by atoms with Gasteiger partial charge in [-0.05, 0) is 24.3 Å². The summed E-state index contributed by atoms with van der Waals surface area (Å²) in [4.78, 5) is 0. The number of methoxy groups -OCH3 is 1. The topological polar surface area (TPSA) is 74.6 Å². The van der Waals surface area contributed by atoms with Gasteiger partial charge >= 0.3 is 0 Å². The zero-order valence-corrected chi connectivity index (χ0v) is 7.78. The number of benzene rings is 1. The number of nitrogens with one attached hydrogen (secondary N) is 2. The van der Waals surface area contributed by atoms with Crippen LogP contribution < -0.4 is 15.0 Å². The molecule has 0 bridgehead atoms. The molecule has 0 aliphatic carbocycles. The Bertz CT molecular complexity index is 297. The summed E-state index contributed by atoms with van der Waals surface area (Å²) in [5.74, 6) is 1.26. The van der Waals surface area contributed by atoms with Gasteiger partial charge in [0.15, 0.2) is 5.84 Å². The van der Waals surface area contributed by atoms with Crippen LogP contribution in [0.1, 0.15) is 0 Å². The van der Waals surface area contributed by atoms with Gasteiger partial charge in [0.2, 0.25) is 0 Å². The smallest absolute Gasteiger partial charge is 0.156 e. The van der Waals surface area contributed by atoms with Gasteiger partial charge in [0.1, 0.15) is 18.1 Å². The molecular weight excluding hydrogens is 184 g/mol. The van der Waals surface area contributed by atoms with E-state index in [4.69, 9.17) is 20.1 Å². The highest BCUT2D eigenvalue weighted by atomic mass is 16.5. The van der Waals surface area contributed by atoms with E-state index >= 15 is 0 Å². The summed E-state index contributed by atoms with van der Waals surface area (Å²) in [6.45, 7) is 0.00281. The third-order valence-corrected chi connectivity index (χ3v) is 1.58. The van der Waals surface area contributed by atoms with Gasteiger partial charge < -0.3 is 9.47 Å². The first kappa shape index (κ1) is 10.3. The number of amidine groups is 1. The van der Waals surface area contributed by atoms with Gasteiger partial charge in [-0.15, -0.1) is 0 Å². The Morgan fingerprint density at radius 3 is 2.43 bits per heavy atom. The Morgan fingerprint density at radius 2 is 1.93 bits per heavy atom. The summed E-state index contributed by atoms with van der Waals surface area (Å²) in [7, 11) is 1.58. The normalized spacial score (nSPS) is 9.29. The minimum absolute atomic E-state index is 0.00281. The van der Waals surface area contributed by atoms with Crippen molar-refractivity contribution >= 4 is 5.84 Å². The monoisotopic (exact) mass is 196 g/mol. The van der Waals surface area contributed by atoms with Crippen molar-refractivity contribution < 1.29 is 14.7 Å². The lowest BCUT2D eigenvalue weighted by atomic mass is 10.3. The van der Waals surface area contributed by atoms with Crippen LogP contribution in [0.4, 0.5) is 0 Å². The van der Waals surface area contributed by atoms with Crippen molar-refractivity contribution in [1.82, 2.24) is 5.48 Å². The quantitative estimate of drug-likeness (QED) is 0.382. The van der Waals surface area contributed by atoms with Crippen molar-refractivity contribution in [2.75, 3.05) is 13.7 Å². The largest absolute Gasteiger partial charge is 0.497 e. The molecule has 0 heterocycles. The Hall–Kier alpha value is -1.75. The molecule has 14 heavy (non-hydrogen) atoms. The van der Waals surface area contributed by atoms with E-state index in [0.29, 0.717) is 5.75 Å². The van der Waals surface area contributed by atoms with E-state index in [2.05, 4.69) is 0 Å². The fourth-order valence-electron chi connectivity index (χ4n) is 0.860. The second-order valence-electron chi connectivity index (χ2n) is 2.55. The van der Waals surface area contributed by atoms with Crippen LogP contribution in [-0.4, -0.2) is 24.8 Å². The fraction of sp³-hybridized carbons (Fsp3) is 0.222. The summed E-state index contributed by atoms with van der Waals surface area (Å²) in [6, 6.07) is 6.96. The molecular formula is C9H12N2O3. The molecule has 0 radical (unpaired) electrons. The number of rotatable bonds is 4. The number of hydrogen-bond donors (Lipinski definition) is 3. The lowest BCUT2D eigenvalue weighted by molar-refractivity contribution is 0.222. The first-order chi connectivity index (χ1) is 6.76. The van der Waals surface area contributed by atoms with Gasteiger partial charge in [0.05, 0.1) is 7.11 Å². The second kappa shape index (κ2) is 5.08. The molecule has 0 saturated heterocycles. The summed E-state index contributed by atoms with van der Waals surface area (Å²) in [5.41, 5.74) is 1.69. The maximum atomic E-state index is 8.32. The van der Waals surface area contributed by atoms with Crippen LogP contribution >= 0.6 is 0 Å². The third-order valence-electron chi connectivity index (χ3n) is 1.58. The minimum atomic E-state index is -0.0965. The molecule has 0 spiro atoms. The van der Waals surface area contributed by atoms with Crippen molar-refractivity contribution in [3.63, 3.8) is 0 Å². The number of ether oxygens (including phenoxy) is 2. The SMILES string of the molecule is COc1ccc(OCC(=N)NO)cc1. The molecule has 1 rings (SSSR count). The van der Waals surface area contributed by atoms with E-state index in [1.807, 2.05) is 0 Å². The van der Waals surface area contributed by atoms with E-state index in [1.165, 1.54) is 0 Å². The van der Waals surface area contributed by atoms with Crippen molar-refractivity contribution in [2.24, 2.45) is 0 Å². The molecule has 0 aliphatic rings. The molecule has 0 amide bonds. The minimum Gasteiger partial charge on any atom is -0.497 e. The highest BCUT2D eigenvalue weighted by Crippen LogP contribution is 2.16. The van der Waals surface area contributed by atoms with E-state index in [0.717, 1.165) is 5.75 Å². The molecule has 0 aliphatic heterocycles. The van der Waals surface area contributed by atoms with Gasteiger partial charge in [-0.3, -0.25) is 16.1 Å². The van der Waals surface area contributed by atoms with Crippen molar-refractivity contribution in [3.8, 4) is 11.5 Å². The zero-order chi connectivity index (χ0) is 10.4. The lowest BCUT2D eigenvalue weighted by Gasteiger charge is -2.06. The number of hydrogen-bond acceptors (Lipinski definition) is 4. The Labute approximate surface area is 81.7 Å². The van der Waals surface area contributed by atoms with E-state index < -0.39 is 0 Å². The first-order valence-electron chi connectivity index (χ1n) is 4.00. The van der Waals surface area contributed by atoms with Crippen LogP contribution in [0.5, 0.6) is 11.5 Å². The average molecular weight is 196 g/mol. The molecule has 0 atom stereocenters. The fourth-order valence-corrected chi connectivity index (χ4v) is 0.860. The molecule has 1 aromatic carbocycles. The molecule has 5 nitrogen and oxygen atoms in total. The van der Waals surface area contributed by atoms with Crippen LogP contribution in [-0.2, 0) is 0 Å². The van der Waals surface area contributed by atoms with E-state index in [9.17, 15) is 0 Å². The summed E-state index contributed by atoms with van der Waals surface area (Å²) >= 11 is 0. The highest BCUT2D eigenvalue weighted by Gasteiger charge is 1.97. The predicted octanol–water partition coefficient (Wildman–Crippen LogP) is 1.03. The van der Waals surface area contributed by atoms with E-state index in [1.54, 1.807) is 36.9 Å². The Morgan fingerprint density at radius 1 is 1.36 bits per heavy atom. The van der Waals surface area contributed by atoms with Crippen LogP contribution in [0.2, 0.25) is 0 Å². The van der Waals surface area contributed by atoms with Crippen molar-refractivity contribution in [1.29, 1.82) is 5.41 Å². The summed E-state index contributed by atoms with van der Waals surface area (Å²) in [6.07, 6.45) is 0. The molecule has 1 aromatic rings. The van der Waals surface area contributed by atoms with Gasteiger partial charge in [-0.1, -0.05) is 0 Å². The maximum Gasteiger partial charge on any atom is 0.156 e. The Balaban J connectivity index is 2.47. The van der Waals surface area contributed by atoms with E-state index in [-0.39, 0.29) is 12.4 Å². The summed E-state index contributed by atoms with van der Waals surface area (Å²) < 4.78 is 10.1. The molecule has 3 N–H and O–H groups in total. The molecule has 0 aromatic heterocycles. The molecule has 5 heteroatoms. The zero-order valence-electron chi connectivity index (χ0n) is 7.78. The average Bonchev–Trinajstić information content (AvgIpc) is 2.26. The van der Waals surface area contributed by atoms with Crippen molar-refractivity contribution in [3.05, 3.63) is 24.3 Å². The summed E-state index contributed by atoms with van der Waals surface area (Å²) in [5, 5.41) is 15.4. The maximum absolute atomic E-state index is 8.32. The molecule has 0 fully saturated rings. The van der Waals surface area contributed by atoms with Crippen LogP contribution in [0.3, 0.4) is 0 Å². The third kappa shape index (κ3) is 2.95. The van der Waals surface area contributed by atoms with Gasteiger partial charge in [-0.2, -0.15) is 0 Å². The van der Waals surface area contributed by atoms with Crippen LogP contribution in [0.15, 0.2) is 24.3 Å². The van der Waals surface area contributed by atoms with Gasteiger partial charge in [0.25, 0.3) is 0 Å². The molecule has 0 unspecified atom stereocenters. The predicted molar refractivity (Wildman–Crippen MR) is 51.1 cm³/mol. The van der Waals surface area contributed by atoms with Crippen LogP contribution in [0, 0.1) is 5.41 Å².